The molecule has 0 bridgehead atoms. The van der Waals surface area contributed by atoms with Crippen molar-refractivity contribution in [3.8, 4) is 0 Å². The smallest absolute Gasteiger partial charge is 0.125 e. The molecule has 1 heterocycles. The van der Waals surface area contributed by atoms with Crippen molar-refractivity contribution in [2.45, 2.75) is 39.7 Å². The van der Waals surface area contributed by atoms with Crippen LogP contribution in [0.15, 0.2) is 18.2 Å². The highest BCUT2D eigenvalue weighted by Gasteiger charge is 2.35. The Bertz CT molecular complexity index is 415. The molecule has 1 N–H and O–H groups in total. The SMILES string of the molecule is CCC1(CC)CCN(c2cc(F)cc(CO)c2)C1. The number of aliphatic hydroxyl groups excluding tert-OH is 1. The van der Waals surface area contributed by atoms with Crippen molar-refractivity contribution < 1.29 is 9.50 Å². The first kappa shape index (κ1) is 13.3. The Balaban J connectivity index is 2.21. The molecule has 3 heteroatoms. The second-order valence-electron chi connectivity index (χ2n) is 5.35. The Labute approximate surface area is 108 Å². The molecule has 2 nitrogen and oxygen atoms in total. The monoisotopic (exact) mass is 251 g/mol. The number of aliphatic hydroxyl groups is 1. The minimum atomic E-state index is -0.262. The van der Waals surface area contributed by atoms with Gasteiger partial charge in [-0.25, -0.2) is 4.39 Å². The quantitative estimate of drug-likeness (QED) is 0.887. The standard InChI is InChI=1S/C15H22FNO/c1-3-15(4-2)5-6-17(11-15)14-8-12(10-18)7-13(16)9-14/h7-9,18H,3-6,10-11H2,1-2H3. The van der Waals surface area contributed by atoms with Gasteiger partial charge in [-0.3, -0.25) is 0 Å². The topological polar surface area (TPSA) is 23.5 Å². The maximum absolute atomic E-state index is 13.5. The lowest BCUT2D eigenvalue weighted by Gasteiger charge is -2.27. The molecule has 1 aliphatic rings. The third kappa shape index (κ3) is 2.51. The molecule has 0 atom stereocenters. The molecule has 0 saturated carbocycles. The van der Waals surface area contributed by atoms with Crippen LogP contribution < -0.4 is 4.90 Å². The van der Waals surface area contributed by atoms with Gasteiger partial charge in [0.25, 0.3) is 0 Å². The zero-order chi connectivity index (χ0) is 13.2. The van der Waals surface area contributed by atoms with Gasteiger partial charge in [-0.15, -0.1) is 0 Å². The fourth-order valence-corrected chi connectivity index (χ4v) is 2.89. The normalized spacial score (nSPS) is 18.3. The largest absolute Gasteiger partial charge is 0.392 e. The first-order valence-electron chi connectivity index (χ1n) is 6.78. The predicted molar refractivity (Wildman–Crippen MR) is 72.2 cm³/mol. The lowest BCUT2D eigenvalue weighted by atomic mass is 9.82. The van der Waals surface area contributed by atoms with E-state index in [4.69, 9.17) is 5.11 Å². The summed E-state index contributed by atoms with van der Waals surface area (Å²) in [5.74, 6) is -0.262. The van der Waals surface area contributed by atoms with Gasteiger partial charge in [0.15, 0.2) is 0 Å². The highest BCUT2D eigenvalue weighted by molar-refractivity contribution is 5.50. The van der Waals surface area contributed by atoms with E-state index in [2.05, 4.69) is 18.7 Å². The van der Waals surface area contributed by atoms with Crippen LogP contribution >= 0.6 is 0 Å². The molecule has 0 spiro atoms. The lowest BCUT2D eigenvalue weighted by Crippen LogP contribution is -2.26. The molecule has 18 heavy (non-hydrogen) atoms. The van der Waals surface area contributed by atoms with Gasteiger partial charge < -0.3 is 10.0 Å². The molecule has 1 saturated heterocycles. The van der Waals surface area contributed by atoms with Crippen LogP contribution in [-0.4, -0.2) is 18.2 Å². The van der Waals surface area contributed by atoms with Crippen molar-refractivity contribution in [2.75, 3.05) is 18.0 Å². The molecule has 0 unspecified atom stereocenters. The van der Waals surface area contributed by atoms with Crippen molar-refractivity contribution >= 4 is 5.69 Å². The zero-order valence-electron chi connectivity index (χ0n) is 11.2. The number of hydrogen-bond donors (Lipinski definition) is 1. The van der Waals surface area contributed by atoms with Gasteiger partial charge in [-0.2, -0.15) is 0 Å². The minimum Gasteiger partial charge on any atom is -0.392 e. The van der Waals surface area contributed by atoms with E-state index in [1.165, 1.54) is 25.3 Å². The predicted octanol–water partition coefficient (Wildman–Crippen LogP) is 3.33. The molecule has 1 aromatic rings. The molecule has 1 aromatic carbocycles. The van der Waals surface area contributed by atoms with Crippen LogP contribution in [0.4, 0.5) is 10.1 Å². The second-order valence-corrected chi connectivity index (χ2v) is 5.35. The Morgan fingerprint density at radius 2 is 2.00 bits per heavy atom. The van der Waals surface area contributed by atoms with Crippen LogP contribution in [-0.2, 0) is 6.61 Å². The highest BCUT2D eigenvalue weighted by Crippen LogP contribution is 2.39. The van der Waals surface area contributed by atoms with Gasteiger partial charge in [0.05, 0.1) is 6.61 Å². The average Bonchev–Trinajstić information content (AvgIpc) is 2.83. The molecule has 100 valence electrons. The lowest BCUT2D eigenvalue weighted by molar-refractivity contribution is 0.281. The summed E-state index contributed by atoms with van der Waals surface area (Å²) >= 11 is 0. The molecular formula is C15H22FNO. The van der Waals surface area contributed by atoms with Crippen LogP contribution in [0.3, 0.4) is 0 Å². The van der Waals surface area contributed by atoms with Gasteiger partial charge in [0.2, 0.25) is 0 Å². The van der Waals surface area contributed by atoms with Gasteiger partial charge >= 0.3 is 0 Å². The maximum atomic E-state index is 13.5. The molecule has 0 aromatic heterocycles. The van der Waals surface area contributed by atoms with Crippen LogP contribution in [0.5, 0.6) is 0 Å². The number of halogens is 1. The van der Waals surface area contributed by atoms with E-state index in [1.54, 1.807) is 6.07 Å². The zero-order valence-corrected chi connectivity index (χ0v) is 11.2. The van der Waals surface area contributed by atoms with Crippen molar-refractivity contribution in [3.63, 3.8) is 0 Å². The van der Waals surface area contributed by atoms with Gasteiger partial charge in [-0.05, 0) is 48.4 Å². The highest BCUT2D eigenvalue weighted by atomic mass is 19.1. The Hall–Kier alpha value is -1.09. The van der Waals surface area contributed by atoms with E-state index in [0.29, 0.717) is 11.0 Å². The summed E-state index contributed by atoms with van der Waals surface area (Å²) in [5.41, 5.74) is 1.93. The van der Waals surface area contributed by atoms with Gasteiger partial charge in [0.1, 0.15) is 5.82 Å². The van der Waals surface area contributed by atoms with E-state index in [0.717, 1.165) is 18.8 Å². The minimum absolute atomic E-state index is 0.106. The van der Waals surface area contributed by atoms with Crippen LogP contribution in [0, 0.1) is 11.2 Å². The van der Waals surface area contributed by atoms with E-state index >= 15 is 0 Å². The van der Waals surface area contributed by atoms with E-state index < -0.39 is 0 Å². The molecule has 0 radical (unpaired) electrons. The summed E-state index contributed by atoms with van der Waals surface area (Å²) in [5, 5.41) is 9.14. The van der Waals surface area contributed by atoms with Crippen molar-refractivity contribution in [1.29, 1.82) is 0 Å². The molecule has 2 rings (SSSR count). The fourth-order valence-electron chi connectivity index (χ4n) is 2.89. The number of rotatable bonds is 4. The summed E-state index contributed by atoms with van der Waals surface area (Å²) in [6.45, 7) is 6.34. The number of anilines is 1. The molecule has 0 aliphatic carbocycles. The summed E-state index contributed by atoms with van der Waals surface area (Å²) in [7, 11) is 0. The fraction of sp³-hybridized carbons (Fsp3) is 0.600. The van der Waals surface area contributed by atoms with E-state index in [-0.39, 0.29) is 12.4 Å². The van der Waals surface area contributed by atoms with Crippen molar-refractivity contribution in [1.82, 2.24) is 0 Å². The van der Waals surface area contributed by atoms with Gasteiger partial charge in [0, 0.05) is 18.8 Å². The number of nitrogens with zero attached hydrogens (tertiary/aromatic N) is 1. The Kier molecular flexibility index (Phi) is 3.91. The van der Waals surface area contributed by atoms with E-state index in [1.807, 2.05) is 6.07 Å². The molecule has 0 amide bonds. The summed E-state index contributed by atoms with van der Waals surface area (Å²) in [4.78, 5) is 2.25. The second kappa shape index (κ2) is 5.27. The molecule has 1 aliphatic heterocycles. The third-order valence-corrected chi connectivity index (χ3v) is 4.43. The average molecular weight is 251 g/mol. The van der Waals surface area contributed by atoms with Crippen molar-refractivity contribution in [2.24, 2.45) is 5.41 Å². The Morgan fingerprint density at radius 3 is 2.56 bits per heavy atom. The van der Waals surface area contributed by atoms with Crippen LogP contribution in [0.2, 0.25) is 0 Å². The van der Waals surface area contributed by atoms with Crippen molar-refractivity contribution in [3.05, 3.63) is 29.6 Å². The Morgan fingerprint density at radius 1 is 1.28 bits per heavy atom. The summed E-state index contributed by atoms with van der Waals surface area (Å²) in [6.07, 6.45) is 3.51. The number of hydrogen-bond acceptors (Lipinski definition) is 2. The van der Waals surface area contributed by atoms with Gasteiger partial charge in [-0.1, -0.05) is 13.8 Å². The first-order chi connectivity index (χ1) is 8.62. The maximum Gasteiger partial charge on any atom is 0.125 e. The van der Waals surface area contributed by atoms with E-state index in [9.17, 15) is 4.39 Å². The van der Waals surface area contributed by atoms with Crippen LogP contribution in [0.25, 0.3) is 0 Å². The summed E-state index contributed by atoms with van der Waals surface area (Å²) < 4.78 is 13.5. The third-order valence-electron chi connectivity index (χ3n) is 4.43. The number of benzene rings is 1. The molecule has 1 fully saturated rings. The summed E-state index contributed by atoms with van der Waals surface area (Å²) in [6, 6.07) is 4.86. The first-order valence-corrected chi connectivity index (χ1v) is 6.78. The van der Waals surface area contributed by atoms with Crippen LogP contribution in [0.1, 0.15) is 38.7 Å². The molecular weight excluding hydrogens is 229 g/mol.